The Morgan fingerprint density at radius 3 is 1.75 bits per heavy atom. The minimum absolute atomic E-state index is 0.108. The van der Waals surface area contributed by atoms with Crippen LogP contribution in [0.4, 0.5) is 0 Å². The third kappa shape index (κ3) is 20.0. The predicted octanol–water partition coefficient (Wildman–Crippen LogP) is 6.31. The molecule has 1 N–H and O–H groups in total. The van der Waals surface area contributed by atoms with Crippen molar-refractivity contribution in [2.24, 2.45) is 0 Å². The highest BCUT2D eigenvalue weighted by molar-refractivity contribution is 5.71. The summed E-state index contributed by atoms with van der Waals surface area (Å²) in [5.74, 6) is -1.10. The molecule has 4 heteroatoms. The lowest BCUT2D eigenvalue weighted by molar-refractivity contribution is -0.147. The zero-order chi connectivity index (χ0) is 20.9. The minimum atomic E-state index is -0.822. The van der Waals surface area contributed by atoms with E-state index in [1.807, 2.05) is 12.2 Å². The van der Waals surface area contributed by atoms with Crippen LogP contribution in [0.15, 0.2) is 60.8 Å². The van der Waals surface area contributed by atoms with Gasteiger partial charge in [-0.3, -0.25) is 9.59 Å². The zero-order valence-corrected chi connectivity index (χ0v) is 17.4. The fraction of sp³-hybridized carbons (Fsp3) is 0.500. The fourth-order valence-corrected chi connectivity index (χ4v) is 2.30. The van der Waals surface area contributed by atoms with Crippen molar-refractivity contribution in [3.05, 3.63) is 60.8 Å². The quantitative estimate of drug-likeness (QED) is 0.248. The Bertz CT molecular complexity index is 553. The van der Waals surface area contributed by atoms with E-state index in [9.17, 15) is 9.59 Å². The second-order valence-corrected chi connectivity index (χ2v) is 6.50. The van der Waals surface area contributed by atoms with Crippen LogP contribution in [0, 0.1) is 0 Å². The third-order valence-electron chi connectivity index (χ3n) is 3.78. The van der Waals surface area contributed by atoms with Gasteiger partial charge in [-0.1, -0.05) is 67.7 Å². The first-order chi connectivity index (χ1) is 13.6. The van der Waals surface area contributed by atoms with Crippen molar-refractivity contribution in [3.8, 4) is 0 Å². The van der Waals surface area contributed by atoms with E-state index >= 15 is 0 Å². The molecule has 0 aliphatic rings. The van der Waals surface area contributed by atoms with E-state index in [4.69, 9.17) is 9.84 Å². The normalized spacial score (nSPS) is 13.5. The van der Waals surface area contributed by atoms with Gasteiger partial charge in [0.1, 0.15) is 0 Å². The summed E-state index contributed by atoms with van der Waals surface area (Å²) in [5, 5.41) is 8.58. The van der Waals surface area contributed by atoms with Gasteiger partial charge < -0.3 is 9.84 Å². The van der Waals surface area contributed by atoms with E-state index in [-0.39, 0.29) is 24.9 Å². The van der Waals surface area contributed by atoms with Crippen LogP contribution in [0.25, 0.3) is 0 Å². The molecule has 0 heterocycles. The van der Waals surface area contributed by atoms with Gasteiger partial charge in [0.25, 0.3) is 0 Å². The molecule has 0 saturated heterocycles. The van der Waals surface area contributed by atoms with Crippen molar-refractivity contribution in [1.29, 1.82) is 0 Å². The number of rotatable bonds is 16. The lowest BCUT2D eigenvalue weighted by Gasteiger charge is -2.11. The van der Waals surface area contributed by atoms with Crippen LogP contribution in [-0.4, -0.2) is 23.1 Å². The van der Waals surface area contributed by atoms with E-state index in [0.29, 0.717) is 12.8 Å². The van der Waals surface area contributed by atoms with Crippen molar-refractivity contribution >= 4 is 11.9 Å². The van der Waals surface area contributed by atoms with Crippen LogP contribution in [0.2, 0.25) is 0 Å². The van der Waals surface area contributed by atoms with Crippen molar-refractivity contribution in [3.63, 3.8) is 0 Å². The van der Waals surface area contributed by atoms with Crippen LogP contribution >= 0.6 is 0 Å². The predicted molar refractivity (Wildman–Crippen MR) is 116 cm³/mol. The van der Waals surface area contributed by atoms with Gasteiger partial charge in [0.2, 0.25) is 0 Å². The number of carbonyl (C=O) groups is 2. The zero-order valence-electron chi connectivity index (χ0n) is 17.4. The van der Waals surface area contributed by atoms with Crippen LogP contribution < -0.4 is 0 Å². The molecule has 4 nitrogen and oxygen atoms in total. The molecular weight excluding hydrogens is 352 g/mol. The van der Waals surface area contributed by atoms with Gasteiger partial charge in [0, 0.05) is 6.42 Å². The fourth-order valence-electron chi connectivity index (χ4n) is 2.30. The number of hydrogen-bond acceptors (Lipinski definition) is 3. The largest absolute Gasteiger partial charge is 0.481 e. The summed E-state index contributed by atoms with van der Waals surface area (Å²) >= 11 is 0. The molecule has 0 amide bonds. The Labute approximate surface area is 170 Å². The number of hydrogen-bond donors (Lipinski definition) is 1. The van der Waals surface area contributed by atoms with Crippen LogP contribution in [-0.2, 0) is 14.3 Å². The maximum atomic E-state index is 11.7. The molecule has 1 atom stereocenters. The summed E-state index contributed by atoms with van der Waals surface area (Å²) in [6, 6.07) is 0. The van der Waals surface area contributed by atoms with Crippen molar-refractivity contribution in [2.75, 3.05) is 0 Å². The summed E-state index contributed by atoms with van der Waals surface area (Å²) < 4.78 is 5.23. The first kappa shape index (κ1) is 25.6. The highest BCUT2D eigenvalue weighted by atomic mass is 16.5. The number of carboxylic acids is 1. The highest BCUT2D eigenvalue weighted by Crippen LogP contribution is 2.06. The molecule has 0 rings (SSSR count). The number of carboxylic acid groups (broad SMARTS) is 1. The maximum Gasteiger partial charge on any atom is 0.309 e. The molecule has 0 aromatic heterocycles. The molecule has 156 valence electrons. The van der Waals surface area contributed by atoms with E-state index < -0.39 is 5.97 Å². The summed E-state index contributed by atoms with van der Waals surface area (Å²) in [4.78, 5) is 22.1. The minimum Gasteiger partial charge on any atom is -0.481 e. The monoisotopic (exact) mass is 388 g/mol. The van der Waals surface area contributed by atoms with Crippen molar-refractivity contribution in [2.45, 2.75) is 77.7 Å². The number of aliphatic carboxylic acids is 1. The second-order valence-electron chi connectivity index (χ2n) is 6.50. The Hall–Kier alpha value is -2.36. The topological polar surface area (TPSA) is 63.6 Å². The summed E-state index contributed by atoms with van der Waals surface area (Å²) in [5.41, 5.74) is 0. The molecule has 0 aromatic rings. The second kappa shape index (κ2) is 19.4. The van der Waals surface area contributed by atoms with Gasteiger partial charge in [-0.05, 0) is 51.9 Å². The smallest absolute Gasteiger partial charge is 0.309 e. The molecule has 0 fully saturated rings. The summed E-state index contributed by atoms with van der Waals surface area (Å²) in [6.45, 7) is 3.93. The number of allylic oxidation sites excluding steroid dienone is 9. The van der Waals surface area contributed by atoms with Crippen LogP contribution in [0.5, 0.6) is 0 Å². The van der Waals surface area contributed by atoms with E-state index in [1.165, 1.54) is 0 Å². The molecule has 0 saturated carbocycles. The molecule has 0 aliphatic heterocycles. The number of esters is 1. The van der Waals surface area contributed by atoms with Gasteiger partial charge in [-0.15, -0.1) is 0 Å². The molecule has 0 spiro atoms. The molecule has 0 aromatic carbocycles. The van der Waals surface area contributed by atoms with Crippen molar-refractivity contribution in [1.82, 2.24) is 0 Å². The molecule has 1 unspecified atom stereocenters. The molecule has 28 heavy (non-hydrogen) atoms. The van der Waals surface area contributed by atoms with Gasteiger partial charge >= 0.3 is 11.9 Å². The molecule has 0 radical (unpaired) electrons. The van der Waals surface area contributed by atoms with Gasteiger partial charge in [0.05, 0.1) is 12.5 Å². The Morgan fingerprint density at radius 1 is 0.821 bits per heavy atom. The van der Waals surface area contributed by atoms with Crippen LogP contribution in [0.3, 0.4) is 0 Å². The van der Waals surface area contributed by atoms with Crippen molar-refractivity contribution < 1.29 is 19.4 Å². The number of carbonyl (C=O) groups excluding carboxylic acids is 1. The van der Waals surface area contributed by atoms with Gasteiger partial charge in [-0.2, -0.15) is 0 Å². The summed E-state index contributed by atoms with van der Waals surface area (Å²) in [6.07, 6.45) is 26.9. The standard InChI is InChI=1S/C24H36O4/c1-3-4-5-6-7-8-9-10-11-12-13-14-15-16-17-21-24(27)28-22(2)19-18-20-23(25)26/h4-5,7-8,10-11,13-14,16-17,22H,3,6,9,12,15,18-21H2,1-2H3,(H,25,26)/b5-4-,8-7-,11-10-,14-13-,17-16-. The molecule has 0 bridgehead atoms. The summed E-state index contributed by atoms with van der Waals surface area (Å²) in [7, 11) is 0. The Balaban J connectivity index is 3.69. The lowest BCUT2D eigenvalue weighted by Crippen LogP contribution is -2.14. The maximum absolute atomic E-state index is 11.7. The van der Waals surface area contributed by atoms with Gasteiger partial charge in [0.15, 0.2) is 0 Å². The first-order valence-electron chi connectivity index (χ1n) is 10.2. The Morgan fingerprint density at radius 2 is 1.29 bits per heavy atom. The van der Waals surface area contributed by atoms with Crippen LogP contribution in [0.1, 0.15) is 71.6 Å². The molecule has 0 aliphatic carbocycles. The lowest BCUT2D eigenvalue weighted by atomic mass is 10.2. The molecular formula is C24H36O4. The Kier molecular flexibility index (Phi) is 17.8. The third-order valence-corrected chi connectivity index (χ3v) is 3.78. The number of ether oxygens (including phenoxy) is 1. The van der Waals surface area contributed by atoms with E-state index in [1.54, 1.807) is 6.92 Å². The average Bonchev–Trinajstić information content (AvgIpc) is 2.64. The van der Waals surface area contributed by atoms with Gasteiger partial charge in [-0.25, -0.2) is 0 Å². The SMILES string of the molecule is CC/C=C\C/C=C\C/C=C\C/C=C\C/C=C\CC(=O)OC(C)CCCC(=O)O. The highest BCUT2D eigenvalue weighted by Gasteiger charge is 2.08. The first-order valence-corrected chi connectivity index (χ1v) is 10.2. The van der Waals surface area contributed by atoms with E-state index in [0.717, 1.165) is 32.1 Å². The average molecular weight is 389 g/mol. The van der Waals surface area contributed by atoms with E-state index in [2.05, 4.69) is 55.5 Å².